The first-order chi connectivity index (χ1) is 18.0. The molecule has 0 spiro atoms. The van der Waals surface area contributed by atoms with Crippen LogP contribution in [0, 0.1) is 52.2 Å². The second-order valence-electron chi connectivity index (χ2n) is 13.7. The molecular weight excluding hydrogens is 483 g/mol. The molecule has 0 amide bonds. The average Bonchev–Trinajstić information content (AvgIpc) is 3.22. The van der Waals surface area contributed by atoms with Crippen molar-refractivity contribution in [1.29, 1.82) is 0 Å². The number of nitrogens with one attached hydrogen (secondary N) is 1. The van der Waals surface area contributed by atoms with E-state index in [0.29, 0.717) is 35.5 Å². The Kier molecular flexibility index (Phi) is 6.51. The largest absolute Gasteiger partial charge is 0.393 e. The van der Waals surface area contributed by atoms with Gasteiger partial charge in [0.1, 0.15) is 17.0 Å². The average molecular weight is 527 g/mol. The molecule has 6 nitrogen and oxygen atoms in total. The van der Waals surface area contributed by atoms with Gasteiger partial charge in [-0.05, 0) is 110 Å². The number of hydrogen-bond acceptors (Lipinski definition) is 5. The number of aromatic amines is 1. The van der Waals surface area contributed by atoms with Gasteiger partial charge in [-0.25, -0.2) is 9.37 Å². The molecule has 0 bridgehead atoms. The van der Waals surface area contributed by atoms with E-state index < -0.39 is 17.5 Å². The third-order valence-corrected chi connectivity index (χ3v) is 12.1. The third kappa shape index (κ3) is 3.90. The lowest BCUT2D eigenvalue weighted by Crippen LogP contribution is -2.62. The molecule has 11 atom stereocenters. The van der Waals surface area contributed by atoms with E-state index in [2.05, 4.69) is 30.7 Å². The van der Waals surface area contributed by atoms with Crippen LogP contribution in [-0.4, -0.2) is 43.6 Å². The van der Waals surface area contributed by atoms with Crippen molar-refractivity contribution in [2.75, 3.05) is 0 Å². The zero-order valence-corrected chi connectivity index (χ0v) is 22.9. The monoisotopic (exact) mass is 526 g/mol. The topological polar surface area (TPSA) is 106 Å². The smallest absolute Gasteiger partial charge is 0.261 e. The van der Waals surface area contributed by atoms with Crippen molar-refractivity contribution in [3.05, 3.63) is 40.2 Å². The number of benzene rings is 1. The molecule has 1 heterocycles. The molecule has 4 N–H and O–H groups in total. The van der Waals surface area contributed by atoms with Crippen LogP contribution in [-0.2, 0) is 6.42 Å². The molecule has 4 saturated carbocycles. The fraction of sp³-hybridized carbons (Fsp3) is 0.742. The molecule has 4 aliphatic rings. The van der Waals surface area contributed by atoms with Gasteiger partial charge in [-0.3, -0.25) is 4.79 Å². The van der Waals surface area contributed by atoms with Gasteiger partial charge in [-0.15, -0.1) is 0 Å². The Bertz CT molecular complexity index is 1270. The molecule has 208 valence electrons. The normalized spacial score (nSPS) is 43.3. The van der Waals surface area contributed by atoms with Crippen molar-refractivity contribution < 1.29 is 19.7 Å². The molecule has 0 aliphatic heterocycles. The number of H-pyrrole nitrogens is 1. The van der Waals surface area contributed by atoms with Gasteiger partial charge in [0.25, 0.3) is 5.56 Å². The highest BCUT2D eigenvalue weighted by atomic mass is 19.1. The fourth-order valence-corrected chi connectivity index (χ4v) is 10.0. The quantitative estimate of drug-likeness (QED) is 0.466. The van der Waals surface area contributed by atoms with Gasteiger partial charge < -0.3 is 20.3 Å². The SMILES string of the molecule is C[C@H](CCc1nc2cccc(F)c2c(=O)[nH]1)[C@H]1CC[C@H]2[C@H]3C(C[C@H](O)[C@]12C)[C@@]1(C)CC[C@@H](O)C[C@H]1C[C@H]3O. The lowest BCUT2D eigenvalue weighted by molar-refractivity contribution is -0.207. The van der Waals surface area contributed by atoms with E-state index in [1.165, 1.54) is 6.07 Å². The first-order valence-corrected chi connectivity index (χ1v) is 14.8. The van der Waals surface area contributed by atoms with Crippen LogP contribution in [0.2, 0.25) is 0 Å². The van der Waals surface area contributed by atoms with Gasteiger partial charge in [0.05, 0.1) is 23.8 Å². The molecule has 38 heavy (non-hydrogen) atoms. The summed E-state index contributed by atoms with van der Waals surface area (Å²) < 4.78 is 14.1. The van der Waals surface area contributed by atoms with E-state index in [1.54, 1.807) is 12.1 Å². The summed E-state index contributed by atoms with van der Waals surface area (Å²) in [7, 11) is 0. The molecule has 4 aliphatic carbocycles. The molecule has 0 saturated heterocycles. The predicted octanol–water partition coefficient (Wildman–Crippen LogP) is 4.59. The highest BCUT2D eigenvalue weighted by Gasteiger charge is 2.65. The molecule has 1 aromatic heterocycles. The Morgan fingerprint density at radius 1 is 1.11 bits per heavy atom. The van der Waals surface area contributed by atoms with Crippen molar-refractivity contribution in [2.45, 2.75) is 96.9 Å². The van der Waals surface area contributed by atoms with Crippen molar-refractivity contribution in [3.8, 4) is 0 Å². The Hall–Kier alpha value is -1.83. The van der Waals surface area contributed by atoms with Crippen LogP contribution in [0.5, 0.6) is 0 Å². The molecular formula is C31H43FN2O4. The molecule has 7 heteroatoms. The maximum atomic E-state index is 14.1. The Labute approximate surface area is 224 Å². The minimum atomic E-state index is -0.555. The molecule has 0 radical (unpaired) electrons. The zero-order valence-electron chi connectivity index (χ0n) is 22.9. The van der Waals surface area contributed by atoms with Gasteiger partial charge in [-0.1, -0.05) is 26.8 Å². The second-order valence-corrected chi connectivity index (χ2v) is 13.7. The van der Waals surface area contributed by atoms with E-state index in [9.17, 15) is 24.5 Å². The molecule has 6 rings (SSSR count). The first-order valence-electron chi connectivity index (χ1n) is 14.8. The second kappa shape index (κ2) is 9.38. The van der Waals surface area contributed by atoms with Crippen LogP contribution in [0.25, 0.3) is 10.9 Å². The Morgan fingerprint density at radius 3 is 2.68 bits per heavy atom. The number of halogens is 1. The lowest BCUT2D eigenvalue weighted by atomic mass is 9.43. The van der Waals surface area contributed by atoms with Crippen LogP contribution in [0.1, 0.15) is 78.0 Å². The van der Waals surface area contributed by atoms with Crippen molar-refractivity contribution >= 4 is 10.9 Å². The van der Waals surface area contributed by atoms with Gasteiger partial charge in [0, 0.05) is 6.42 Å². The zero-order chi connectivity index (χ0) is 27.0. The number of aromatic nitrogens is 2. The van der Waals surface area contributed by atoms with Crippen molar-refractivity contribution in [3.63, 3.8) is 0 Å². The van der Waals surface area contributed by atoms with E-state index in [-0.39, 0.29) is 46.2 Å². The number of aryl methyl sites for hydroxylation is 1. The van der Waals surface area contributed by atoms with E-state index in [0.717, 1.165) is 51.4 Å². The number of nitrogens with zero attached hydrogens (tertiary/aromatic N) is 1. The fourth-order valence-electron chi connectivity index (χ4n) is 10.0. The van der Waals surface area contributed by atoms with Gasteiger partial charge >= 0.3 is 0 Å². The standard InChI is InChI=1S/C31H43FN2O4/c1-16(7-10-26-33-23-6-4-5-22(32)28(23)29(38)34-26)19-8-9-20-27-21(15-25(37)31(19,20)3)30(2)12-11-18(35)13-17(30)14-24(27)36/h4-6,16-21,24-25,27,35-37H,7-15H2,1-3H3,(H,33,34,38)/t16-,17+,18-,19-,20+,21?,24-,25+,27+,30+,31-/m1/s1. The lowest BCUT2D eigenvalue weighted by Gasteiger charge is -2.63. The highest BCUT2D eigenvalue weighted by Crippen LogP contribution is 2.68. The summed E-state index contributed by atoms with van der Waals surface area (Å²) in [6.07, 6.45) is 6.46. The Balaban J connectivity index is 1.21. The number of fused-ring (bicyclic) bond motifs is 6. The molecule has 1 unspecified atom stereocenters. The number of hydrogen-bond donors (Lipinski definition) is 4. The number of aliphatic hydroxyl groups excluding tert-OH is 3. The van der Waals surface area contributed by atoms with Gasteiger partial charge in [-0.2, -0.15) is 0 Å². The maximum absolute atomic E-state index is 14.1. The predicted molar refractivity (Wildman–Crippen MR) is 144 cm³/mol. The summed E-state index contributed by atoms with van der Waals surface area (Å²) in [5, 5.41) is 33.6. The Morgan fingerprint density at radius 2 is 1.89 bits per heavy atom. The van der Waals surface area contributed by atoms with Crippen molar-refractivity contribution in [1.82, 2.24) is 9.97 Å². The van der Waals surface area contributed by atoms with Crippen LogP contribution in [0.3, 0.4) is 0 Å². The summed E-state index contributed by atoms with van der Waals surface area (Å²) in [4.78, 5) is 19.8. The van der Waals surface area contributed by atoms with E-state index in [4.69, 9.17) is 0 Å². The molecule has 2 aromatic rings. The maximum Gasteiger partial charge on any atom is 0.261 e. The third-order valence-electron chi connectivity index (χ3n) is 12.1. The van der Waals surface area contributed by atoms with E-state index >= 15 is 0 Å². The summed E-state index contributed by atoms with van der Waals surface area (Å²) in [6, 6.07) is 4.52. The highest BCUT2D eigenvalue weighted by molar-refractivity contribution is 5.77. The summed E-state index contributed by atoms with van der Waals surface area (Å²) in [5.74, 6) is 1.73. The van der Waals surface area contributed by atoms with Gasteiger partial charge in [0.15, 0.2) is 0 Å². The van der Waals surface area contributed by atoms with E-state index in [1.807, 2.05) is 0 Å². The summed E-state index contributed by atoms with van der Waals surface area (Å²) in [5.41, 5.74) is -0.244. The van der Waals surface area contributed by atoms with Crippen LogP contribution in [0.4, 0.5) is 4.39 Å². The number of aliphatic hydroxyl groups is 3. The molecule has 4 fully saturated rings. The minimum absolute atomic E-state index is 0.00442. The minimum Gasteiger partial charge on any atom is -0.393 e. The first kappa shape index (κ1) is 26.4. The van der Waals surface area contributed by atoms with Crippen molar-refractivity contribution in [2.24, 2.45) is 46.3 Å². The van der Waals surface area contributed by atoms with Gasteiger partial charge in [0.2, 0.25) is 0 Å². The van der Waals surface area contributed by atoms with Crippen LogP contribution in [0.15, 0.2) is 23.0 Å². The summed E-state index contributed by atoms with van der Waals surface area (Å²) in [6.45, 7) is 6.87. The van der Waals surface area contributed by atoms with Crippen LogP contribution < -0.4 is 5.56 Å². The molecule has 1 aromatic carbocycles. The van der Waals surface area contributed by atoms with Crippen LogP contribution >= 0.6 is 0 Å². The number of rotatable bonds is 4. The summed E-state index contributed by atoms with van der Waals surface area (Å²) >= 11 is 0.